The molecule has 0 saturated carbocycles. The monoisotopic (exact) mass is 120 g/mol. The van der Waals surface area contributed by atoms with Gasteiger partial charge < -0.3 is 0 Å². The molecule has 8 heavy (non-hydrogen) atoms. The fraction of sp³-hybridized carbons (Fsp3) is 0.667. The first-order valence-electron chi connectivity index (χ1n) is 2.45. The molecule has 0 saturated heterocycles. The van der Waals surface area contributed by atoms with Gasteiger partial charge in [0.15, 0.2) is 0 Å². The third-order valence-electron chi connectivity index (χ3n) is 0.812. The van der Waals surface area contributed by atoms with Crippen molar-refractivity contribution in [3.05, 3.63) is 12.2 Å². The van der Waals surface area contributed by atoms with Crippen molar-refractivity contribution in [2.24, 2.45) is 5.41 Å². The minimum absolute atomic E-state index is 0. The molecule has 0 unspecified atom stereocenters. The highest BCUT2D eigenvalue weighted by atomic mass is 19.2. The van der Waals surface area contributed by atoms with Crippen molar-refractivity contribution in [1.82, 2.24) is 0 Å². The number of hydrogen-bond acceptors (Lipinski definition) is 0. The van der Waals surface area contributed by atoms with Gasteiger partial charge in [-0.2, -0.15) is 0 Å². The molecule has 0 fully saturated rings. The molecule has 0 nitrogen and oxygen atoms in total. The molecule has 0 spiro atoms. The lowest BCUT2D eigenvalue weighted by Crippen LogP contribution is -2.04. The molecule has 0 bridgehead atoms. The predicted molar refractivity (Wildman–Crippen MR) is 29.8 cm³/mol. The van der Waals surface area contributed by atoms with Gasteiger partial charge in [0.2, 0.25) is 0 Å². The Morgan fingerprint density at radius 2 is 1.75 bits per heavy atom. The van der Waals surface area contributed by atoms with Gasteiger partial charge in [0.1, 0.15) is 12.2 Å². The lowest BCUT2D eigenvalue weighted by molar-refractivity contribution is 0.369. The largest absolute Gasteiger partial charge is 0.213 e. The van der Waals surface area contributed by atoms with E-state index in [4.69, 9.17) is 0 Å². The smallest absolute Gasteiger partial charge is 0.133 e. The van der Waals surface area contributed by atoms with Gasteiger partial charge in [-0.25, -0.2) is 8.78 Å². The molecule has 0 heterocycles. The van der Waals surface area contributed by atoms with E-state index in [0.717, 1.165) is 0 Å². The Morgan fingerprint density at radius 1 is 1.38 bits per heavy atom. The van der Waals surface area contributed by atoms with E-state index in [2.05, 4.69) is 0 Å². The predicted octanol–water partition coefficient (Wildman–Crippen LogP) is 2.81. The third-order valence-corrected chi connectivity index (χ3v) is 0.812. The summed E-state index contributed by atoms with van der Waals surface area (Å²) < 4.78 is 23.5. The van der Waals surface area contributed by atoms with Crippen molar-refractivity contribution in [2.45, 2.75) is 20.8 Å². The molecule has 0 radical (unpaired) electrons. The zero-order valence-corrected chi connectivity index (χ0v) is 5.33. The van der Waals surface area contributed by atoms with Crippen LogP contribution in [-0.2, 0) is 0 Å². The van der Waals surface area contributed by atoms with Crippen LogP contribution in [0.5, 0.6) is 0 Å². The Kier molecular flexibility index (Phi) is 2.13. The Morgan fingerprint density at radius 3 is 1.75 bits per heavy atom. The molecular formula is C6H10F2. The average molecular weight is 120 g/mol. The number of rotatable bonds is 0. The van der Waals surface area contributed by atoms with Crippen molar-refractivity contribution in [1.29, 1.82) is 0 Å². The van der Waals surface area contributed by atoms with E-state index in [1.54, 1.807) is 20.8 Å². The van der Waals surface area contributed by atoms with Crippen LogP contribution in [0.2, 0.25) is 0 Å². The summed E-state index contributed by atoms with van der Waals surface area (Å²) in [7, 11) is 0. The van der Waals surface area contributed by atoms with Gasteiger partial charge in [-0.15, -0.1) is 0 Å². The Balaban J connectivity index is 4.03. The lowest BCUT2D eigenvalue weighted by Gasteiger charge is -2.12. The van der Waals surface area contributed by atoms with Crippen LogP contribution in [0.4, 0.5) is 8.78 Å². The van der Waals surface area contributed by atoms with E-state index in [-0.39, 0.29) is 6.33 Å². The van der Waals surface area contributed by atoms with Crippen LogP contribution in [0, 0.1) is 5.41 Å². The second-order valence-corrected chi connectivity index (χ2v) is 2.71. The highest BCUT2D eigenvalue weighted by molar-refractivity contribution is 4.96. The molecule has 0 aliphatic rings. The van der Waals surface area contributed by atoms with Gasteiger partial charge in [0, 0.05) is 5.41 Å². The van der Waals surface area contributed by atoms with Crippen LogP contribution in [0.15, 0.2) is 12.2 Å². The maximum absolute atomic E-state index is 12.1. The van der Waals surface area contributed by atoms with E-state index < -0.39 is 11.2 Å². The number of allylic oxidation sites excluding steroid dienone is 1. The van der Waals surface area contributed by atoms with E-state index in [0.29, 0.717) is 0 Å². The molecule has 48 valence electrons. The topological polar surface area (TPSA) is 0 Å². The molecule has 0 amide bonds. The van der Waals surface area contributed by atoms with Gasteiger partial charge in [-0.1, -0.05) is 20.8 Å². The summed E-state index contributed by atoms with van der Waals surface area (Å²) in [6.07, 6.45) is 0. The minimum atomic E-state index is -0.711. The fourth-order valence-electron chi connectivity index (χ4n) is 0.164. The van der Waals surface area contributed by atoms with Crippen molar-refractivity contribution in [3.63, 3.8) is 0 Å². The second kappa shape index (κ2) is 2.25. The maximum atomic E-state index is 12.1. The van der Waals surface area contributed by atoms with E-state index in [9.17, 15) is 8.78 Å². The number of halogens is 2. The van der Waals surface area contributed by atoms with Crippen LogP contribution in [0.3, 0.4) is 0 Å². The summed E-state index contributed by atoms with van der Waals surface area (Å²) in [6, 6.07) is 0. The van der Waals surface area contributed by atoms with Crippen LogP contribution in [-0.4, -0.2) is 0 Å². The lowest BCUT2D eigenvalue weighted by atomic mass is 9.96. The molecule has 0 rings (SSSR count). The summed E-state index contributed by atoms with van der Waals surface area (Å²) in [6.45, 7) is 4.83. The van der Waals surface area contributed by atoms with Gasteiger partial charge in [0.25, 0.3) is 0 Å². The Bertz CT molecular complexity index is 97.6. The highest BCUT2D eigenvalue weighted by Gasteiger charge is 2.16. The van der Waals surface area contributed by atoms with Gasteiger partial charge >= 0.3 is 0 Å². The summed E-state index contributed by atoms with van der Waals surface area (Å²) in [4.78, 5) is 0. The Labute approximate surface area is 48.2 Å². The van der Waals surface area contributed by atoms with Crippen LogP contribution in [0.1, 0.15) is 20.8 Å². The van der Waals surface area contributed by atoms with Crippen molar-refractivity contribution in [2.75, 3.05) is 0 Å². The molecule has 0 aromatic heterocycles. The minimum Gasteiger partial charge on any atom is -0.213 e. The maximum Gasteiger partial charge on any atom is 0.133 e. The quantitative estimate of drug-likeness (QED) is 0.461. The summed E-state index contributed by atoms with van der Waals surface area (Å²) >= 11 is 0. The van der Waals surface area contributed by atoms with Crippen LogP contribution >= 0.6 is 0 Å². The van der Waals surface area contributed by atoms with Crippen molar-refractivity contribution in [3.8, 4) is 0 Å². The van der Waals surface area contributed by atoms with E-state index >= 15 is 0 Å². The van der Waals surface area contributed by atoms with Gasteiger partial charge in [-0.05, 0) is 0 Å². The Hall–Kier alpha value is -0.400. The van der Waals surface area contributed by atoms with Crippen molar-refractivity contribution < 1.29 is 8.78 Å². The molecule has 0 atom stereocenters. The van der Waals surface area contributed by atoms with E-state index in [1.807, 2.05) is 0 Å². The summed E-state index contributed by atoms with van der Waals surface area (Å²) in [5.41, 5.74) is -0.672. The molecular weight excluding hydrogens is 110 g/mol. The first-order chi connectivity index (χ1) is 3.48. The van der Waals surface area contributed by atoms with E-state index in [1.165, 1.54) is 0 Å². The average Bonchev–Trinajstić information content (AvgIpc) is 1.62. The van der Waals surface area contributed by atoms with Gasteiger partial charge in [-0.3, -0.25) is 0 Å². The standard InChI is InChI=1S/C6H10F2/c1-6(2,3)5(8)4-7/h4H,1-3H3. The summed E-state index contributed by atoms with van der Waals surface area (Å²) in [5, 5.41) is 0. The fourth-order valence-corrected chi connectivity index (χ4v) is 0.164. The molecule has 0 aromatic rings. The molecule has 0 N–H and O–H groups in total. The zero-order chi connectivity index (χ0) is 6.78. The first-order valence-corrected chi connectivity index (χ1v) is 2.45. The molecule has 2 heteroatoms. The van der Waals surface area contributed by atoms with Crippen LogP contribution in [0.25, 0.3) is 0 Å². The van der Waals surface area contributed by atoms with Crippen LogP contribution < -0.4 is 0 Å². The second-order valence-electron chi connectivity index (χ2n) is 2.71. The summed E-state index contributed by atoms with van der Waals surface area (Å²) in [5.74, 6) is -0.711. The molecule has 0 aliphatic carbocycles. The third kappa shape index (κ3) is 2.05. The molecule has 0 aromatic carbocycles. The normalized spacial score (nSPS) is 14.4. The highest BCUT2D eigenvalue weighted by Crippen LogP contribution is 2.25. The van der Waals surface area contributed by atoms with Crippen molar-refractivity contribution >= 4 is 0 Å². The molecule has 0 aliphatic heterocycles. The number of hydrogen-bond donors (Lipinski definition) is 0. The zero-order valence-electron chi connectivity index (χ0n) is 5.33. The first kappa shape index (κ1) is 7.60. The SMILES string of the molecule is CC(C)(C)C(F)=CF. The van der Waals surface area contributed by atoms with Gasteiger partial charge in [0.05, 0.1) is 0 Å².